The third kappa shape index (κ3) is 2.60. The van der Waals surface area contributed by atoms with Crippen molar-refractivity contribution in [1.29, 1.82) is 0 Å². The summed E-state index contributed by atoms with van der Waals surface area (Å²) in [6, 6.07) is 12.0. The molecule has 136 valence electrons. The molecule has 6 heteroatoms. The molecule has 0 radical (unpaired) electrons. The van der Waals surface area contributed by atoms with E-state index in [1.165, 1.54) is 11.9 Å². The monoisotopic (exact) mass is 360 g/mol. The van der Waals surface area contributed by atoms with E-state index in [-0.39, 0.29) is 17.7 Å². The number of carbonyl (C=O) groups excluding carboxylic acids is 1. The van der Waals surface area contributed by atoms with Crippen molar-refractivity contribution >= 4 is 11.7 Å². The molecule has 1 N–H and O–H groups in total. The zero-order valence-electron chi connectivity index (χ0n) is 15.1. The lowest BCUT2D eigenvalue weighted by molar-refractivity contribution is -0.117. The van der Waals surface area contributed by atoms with Crippen molar-refractivity contribution in [3.8, 4) is 0 Å². The molecule has 3 heterocycles. The summed E-state index contributed by atoms with van der Waals surface area (Å²) < 4.78 is 7.37. The molecule has 0 saturated carbocycles. The Bertz CT molecular complexity index is 1010. The SMILES string of the molecule is CCc1ccc(C2C3=C(CC(c4ccco4)CC3=O)Nc3ncnn32)cc1. The van der Waals surface area contributed by atoms with E-state index in [1.807, 2.05) is 16.8 Å². The fraction of sp³-hybridized carbons (Fsp3) is 0.286. The molecule has 1 aliphatic heterocycles. The number of aromatic nitrogens is 3. The van der Waals surface area contributed by atoms with Gasteiger partial charge in [-0.2, -0.15) is 10.1 Å². The summed E-state index contributed by atoms with van der Waals surface area (Å²) in [5.74, 6) is 1.71. The van der Waals surface area contributed by atoms with Gasteiger partial charge in [0.2, 0.25) is 5.95 Å². The minimum absolute atomic E-state index is 0.0522. The second-order valence-corrected chi connectivity index (χ2v) is 7.09. The number of rotatable bonds is 3. The van der Waals surface area contributed by atoms with Gasteiger partial charge in [0, 0.05) is 23.6 Å². The Labute approximate surface area is 156 Å². The molecule has 0 bridgehead atoms. The predicted molar refractivity (Wildman–Crippen MR) is 100 cm³/mol. The van der Waals surface area contributed by atoms with Crippen molar-refractivity contribution < 1.29 is 9.21 Å². The number of fused-ring (bicyclic) bond motifs is 1. The number of nitrogens with one attached hydrogen (secondary N) is 1. The first-order valence-electron chi connectivity index (χ1n) is 9.29. The van der Waals surface area contributed by atoms with Crippen LogP contribution in [0.5, 0.6) is 0 Å². The van der Waals surface area contributed by atoms with Gasteiger partial charge >= 0.3 is 0 Å². The number of hydrogen-bond acceptors (Lipinski definition) is 5. The van der Waals surface area contributed by atoms with Gasteiger partial charge in [0.05, 0.1) is 6.26 Å². The Morgan fingerprint density at radius 1 is 1.22 bits per heavy atom. The van der Waals surface area contributed by atoms with Crippen LogP contribution in [0.1, 0.15) is 48.6 Å². The Balaban J connectivity index is 1.60. The van der Waals surface area contributed by atoms with Crippen molar-refractivity contribution in [2.24, 2.45) is 0 Å². The molecule has 0 spiro atoms. The van der Waals surface area contributed by atoms with Gasteiger partial charge in [0.25, 0.3) is 0 Å². The third-order valence-electron chi connectivity index (χ3n) is 5.51. The van der Waals surface area contributed by atoms with Gasteiger partial charge < -0.3 is 9.73 Å². The topological polar surface area (TPSA) is 73.0 Å². The number of hydrogen-bond donors (Lipinski definition) is 1. The molecule has 1 aromatic carbocycles. The average molecular weight is 360 g/mol. The van der Waals surface area contributed by atoms with Crippen LogP contribution in [0.25, 0.3) is 0 Å². The molecule has 2 unspecified atom stereocenters. The summed E-state index contributed by atoms with van der Waals surface area (Å²) in [6.45, 7) is 2.13. The van der Waals surface area contributed by atoms with Gasteiger partial charge in [0.1, 0.15) is 18.1 Å². The highest BCUT2D eigenvalue weighted by atomic mass is 16.3. The molecule has 0 fully saturated rings. The second kappa shape index (κ2) is 6.23. The van der Waals surface area contributed by atoms with Crippen LogP contribution in [-0.2, 0) is 11.2 Å². The maximum atomic E-state index is 13.2. The van der Waals surface area contributed by atoms with Crippen LogP contribution in [0.4, 0.5) is 5.95 Å². The molecule has 27 heavy (non-hydrogen) atoms. The van der Waals surface area contributed by atoms with Crippen molar-refractivity contribution in [1.82, 2.24) is 14.8 Å². The molecule has 5 rings (SSSR count). The second-order valence-electron chi connectivity index (χ2n) is 7.09. The van der Waals surface area contributed by atoms with Crippen LogP contribution in [0, 0.1) is 0 Å². The van der Waals surface area contributed by atoms with E-state index < -0.39 is 0 Å². The summed E-state index contributed by atoms with van der Waals surface area (Å²) >= 11 is 0. The summed E-state index contributed by atoms with van der Waals surface area (Å²) in [4.78, 5) is 17.5. The van der Waals surface area contributed by atoms with Crippen LogP contribution in [-0.4, -0.2) is 20.5 Å². The summed E-state index contributed by atoms with van der Waals surface area (Å²) in [6.07, 6.45) is 5.35. The molecule has 3 aromatic rings. The first kappa shape index (κ1) is 16.1. The van der Waals surface area contributed by atoms with Gasteiger partial charge in [-0.3, -0.25) is 4.79 Å². The molecule has 0 amide bonds. The first-order valence-corrected chi connectivity index (χ1v) is 9.29. The van der Waals surface area contributed by atoms with Crippen LogP contribution >= 0.6 is 0 Å². The number of benzene rings is 1. The zero-order chi connectivity index (χ0) is 18.4. The Morgan fingerprint density at radius 2 is 2.07 bits per heavy atom. The van der Waals surface area contributed by atoms with E-state index in [1.54, 1.807) is 6.26 Å². The minimum Gasteiger partial charge on any atom is -0.469 e. The van der Waals surface area contributed by atoms with E-state index >= 15 is 0 Å². The molecule has 6 nitrogen and oxygen atoms in total. The number of carbonyl (C=O) groups is 1. The van der Waals surface area contributed by atoms with Gasteiger partial charge in [0.15, 0.2) is 5.78 Å². The predicted octanol–water partition coefficient (Wildman–Crippen LogP) is 3.85. The summed E-state index contributed by atoms with van der Waals surface area (Å²) in [5.41, 5.74) is 4.05. The van der Waals surface area contributed by atoms with E-state index in [0.717, 1.165) is 35.4 Å². The van der Waals surface area contributed by atoms with Gasteiger partial charge in [-0.15, -0.1) is 0 Å². The maximum absolute atomic E-state index is 13.2. The number of anilines is 1. The van der Waals surface area contributed by atoms with Crippen LogP contribution in [0.15, 0.2) is 64.7 Å². The minimum atomic E-state index is -0.241. The number of furan rings is 1. The average Bonchev–Trinajstić information content (AvgIpc) is 3.38. The Hall–Kier alpha value is -3.15. The summed E-state index contributed by atoms with van der Waals surface area (Å²) in [5, 5.41) is 7.72. The highest BCUT2D eigenvalue weighted by Gasteiger charge is 2.39. The number of nitrogens with zero attached hydrogens (tertiary/aromatic N) is 3. The van der Waals surface area contributed by atoms with E-state index in [0.29, 0.717) is 12.4 Å². The largest absolute Gasteiger partial charge is 0.469 e. The molecular weight excluding hydrogens is 340 g/mol. The Kier molecular flexibility index (Phi) is 3.70. The fourth-order valence-corrected chi connectivity index (χ4v) is 4.12. The van der Waals surface area contributed by atoms with Crippen molar-refractivity contribution in [2.45, 2.75) is 38.1 Å². The smallest absolute Gasteiger partial charge is 0.226 e. The van der Waals surface area contributed by atoms with Gasteiger partial charge in [-0.05, 0) is 36.1 Å². The van der Waals surface area contributed by atoms with E-state index in [4.69, 9.17) is 4.42 Å². The van der Waals surface area contributed by atoms with E-state index in [2.05, 4.69) is 46.6 Å². The molecule has 2 aliphatic rings. The summed E-state index contributed by atoms with van der Waals surface area (Å²) in [7, 11) is 0. The number of aryl methyl sites for hydroxylation is 1. The lowest BCUT2D eigenvalue weighted by Gasteiger charge is -2.34. The van der Waals surface area contributed by atoms with Gasteiger partial charge in [-0.1, -0.05) is 31.2 Å². The molecule has 0 saturated heterocycles. The quantitative estimate of drug-likeness (QED) is 0.768. The van der Waals surface area contributed by atoms with E-state index in [9.17, 15) is 4.79 Å². The molecule has 1 aliphatic carbocycles. The first-order chi connectivity index (χ1) is 13.2. The van der Waals surface area contributed by atoms with Crippen LogP contribution in [0.2, 0.25) is 0 Å². The molecule has 2 atom stereocenters. The van der Waals surface area contributed by atoms with Crippen LogP contribution < -0.4 is 5.32 Å². The Morgan fingerprint density at radius 3 is 2.81 bits per heavy atom. The van der Waals surface area contributed by atoms with Gasteiger partial charge in [-0.25, -0.2) is 4.68 Å². The van der Waals surface area contributed by atoms with Crippen LogP contribution in [0.3, 0.4) is 0 Å². The maximum Gasteiger partial charge on any atom is 0.226 e. The normalized spacial score (nSPS) is 21.6. The molecular formula is C21H20N4O2. The zero-order valence-corrected chi connectivity index (χ0v) is 15.1. The lowest BCUT2D eigenvalue weighted by Crippen LogP contribution is -2.33. The number of allylic oxidation sites excluding steroid dienone is 2. The third-order valence-corrected chi connectivity index (χ3v) is 5.51. The number of Topliss-reactive ketones (excluding diaryl/α,β-unsaturated/α-hetero) is 1. The fourth-order valence-electron chi connectivity index (χ4n) is 4.12. The standard InChI is InChI=1S/C21H20N4O2/c1-2-13-5-7-14(8-6-13)20-19-16(24-21-22-12-23-25(20)21)10-15(11-17(19)26)18-4-3-9-27-18/h3-9,12,15,20H,2,10-11H2,1H3,(H,22,23,24). The lowest BCUT2D eigenvalue weighted by atomic mass is 9.79. The highest BCUT2D eigenvalue weighted by Crippen LogP contribution is 2.43. The van der Waals surface area contributed by atoms with Crippen molar-refractivity contribution in [3.05, 3.63) is 77.1 Å². The van der Waals surface area contributed by atoms with Crippen molar-refractivity contribution in [2.75, 3.05) is 5.32 Å². The number of ketones is 1. The highest BCUT2D eigenvalue weighted by molar-refractivity contribution is 6.00. The molecule has 2 aromatic heterocycles. The van der Waals surface area contributed by atoms with Crippen molar-refractivity contribution in [3.63, 3.8) is 0 Å².